The van der Waals surface area contributed by atoms with E-state index < -0.39 is 18.2 Å². The summed E-state index contributed by atoms with van der Waals surface area (Å²) in [6, 6.07) is -0.688. The van der Waals surface area contributed by atoms with Crippen molar-refractivity contribution in [2.75, 3.05) is 6.61 Å². The van der Waals surface area contributed by atoms with Crippen LogP contribution in [-0.4, -0.2) is 46.9 Å². The summed E-state index contributed by atoms with van der Waals surface area (Å²) in [4.78, 5) is 25.8. The maximum Gasteiger partial charge on any atom is 0.306 e. The van der Waals surface area contributed by atoms with Crippen molar-refractivity contribution >= 4 is 11.9 Å². The first-order chi connectivity index (χ1) is 24.0. The van der Waals surface area contributed by atoms with Crippen molar-refractivity contribution in [2.24, 2.45) is 0 Å². The highest BCUT2D eigenvalue weighted by molar-refractivity contribution is 5.77. The maximum atomic E-state index is 13.1. The van der Waals surface area contributed by atoms with Gasteiger partial charge in [0.2, 0.25) is 5.91 Å². The predicted octanol–water partition coefficient (Wildman–Crippen LogP) is 12.1. The molecule has 1 amide bonds. The van der Waals surface area contributed by atoms with Gasteiger partial charge in [-0.2, -0.15) is 0 Å². The molecule has 0 aliphatic heterocycles. The fraction of sp³-hybridized carbons (Fsp3) is 0.953. The average Bonchev–Trinajstić information content (AvgIpc) is 3.09. The SMILES string of the molecule is CCCCCCCCCCCCCCC(CC(=O)NC(CO)C(O)CCCCCCCCCCC)OC(=O)CCCCCCCCCCC. The molecule has 0 aliphatic rings. The van der Waals surface area contributed by atoms with E-state index in [1.807, 2.05) is 0 Å². The van der Waals surface area contributed by atoms with Crippen molar-refractivity contribution in [3.63, 3.8) is 0 Å². The van der Waals surface area contributed by atoms with Gasteiger partial charge in [-0.15, -0.1) is 0 Å². The number of hydrogen-bond acceptors (Lipinski definition) is 5. The molecule has 6 heteroatoms. The normalized spacial score (nSPS) is 13.3. The van der Waals surface area contributed by atoms with E-state index in [4.69, 9.17) is 4.74 Å². The zero-order valence-electron chi connectivity index (χ0n) is 33.1. The van der Waals surface area contributed by atoms with Gasteiger partial charge in [-0.05, 0) is 25.7 Å². The Morgan fingerprint density at radius 2 is 0.857 bits per heavy atom. The molecule has 0 aromatic heterocycles. The lowest BCUT2D eigenvalue weighted by Gasteiger charge is -2.24. The molecule has 49 heavy (non-hydrogen) atoms. The number of unbranched alkanes of at least 4 members (excludes halogenated alkanes) is 27. The highest BCUT2D eigenvalue weighted by Crippen LogP contribution is 2.18. The summed E-state index contributed by atoms with van der Waals surface area (Å²) in [5, 5.41) is 23.5. The van der Waals surface area contributed by atoms with Crippen molar-refractivity contribution in [2.45, 2.75) is 257 Å². The second-order valence-corrected chi connectivity index (χ2v) is 15.1. The Morgan fingerprint density at radius 1 is 0.510 bits per heavy atom. The minimum Gasteiger partial charge on any atom is -0.462 e. The standard InChI is InChI=1S/C43H85NO5/c1-4-7-10-13-16-19-20-21-24-25-28-31-34-39(49-43(48)36-33-30-27-23-18-15-12-9-6-3)37-42(47)44-40(38-45)41(46)35-32-29-26-22-17-14-11-8-5-2/h39-41,45-46H,4-38H2,1-3H3,(H,44,47). The Bertz CT molecular complexity index is 702. The molecule has 0 fully saturated rings. The quantitative estimate of drug-likeness (QED) is 0.0439. The van der Waals surface area contributed by atoms with Crippen LogP contribution >= 0.6 is 0 Å². The highest BCUT2D eigenvalue weighted by atomic mass is 16.5. The predicted molar refractivity (Wildman–Crippen MR) is 209 cm³/mol. The van der Waals surface area contributed by atoms with Crippen LogP contribution in [0.3, 0.4) is 0 Å². The van der Waals surface area contributed by atoms with Gasteiger partial charge in [-0.25, -0.2) is 0 Å². The van der Waals surface area contributed by atoms with Gasteiger partial charge < -0.3 is 20.3 Å². The van der Waals surface area contributed by atoms with Gasteiger partial charge in [-0.1, -0.05) is 201 Å². The number of ether oxygens (including phenoxy) is 1. The molecular weight excluding hydrogens is 610 g/mol. The monoisotopic (exact) mass is 696 g/mol. The molecule has 3 N–H and O–H groups in total. The van der Waals surface area contributed by atoms with E-state index in [0.717, 1.165) is 44.9 Å². The smallest absolute Gasteiger partial charge is 0.306 e. The summed E-state index contributed by atoms with van der Waals surface area (Å²) in [5.41, 5.74) is 0. The average molecular weight is 696 g/mol. The second-order valence-electron chi connectivity index (χ2n) is 15.1. The Hall–Kier alpha value is -1.14. The molecule has 0 bridgehead atoms. The summed E-state index contributed by atoms with van der Waals surface area (Å²) in [7, 11) is 0. The van der Waals surface area contributed by atoms with Crippen LogP contribution < -0.4 is 5.32 Å². The Labute approximate surface area is 305 Å². The Morgan fingerprint density at radius 3 is 1.24 bits per heavy atom. The molecule has 3 atom stereocenters. The van der Waals surface area contributed by atoms with Gasteiger partial charge in [0.1, 0.15) is 6.10 Å². The molecule has 0 rings (SSSR count). The molecule has 0 saturated carbocycles. The van der Waals surface area contributed by atoms with Crippen LogP contribution in [0.2, 0.25) is 0 Å². The number of rotatable bonds is 39. The molecule has 0 aromatic carbocycles. The van der Waals surface area contributed by atoms with Gasteiger partial charge in [0.05, 0.1) is 25.2 Å². The largest absolute Gasteiger partial charge is 0.462 e. The van der Waals surface area contributed by atoms with Gasteiger partial charge >= 0.3 is 5.97 Å². The minimum absolute atomic E-state index is 0.0861. The summed E-state index contributed by atoms with van der Waals surface area (Å²) in [6.45, 7) is 6.44. The Kier molecular flexibility index (Phi) is 37.2. The number of carbonyl (C=O) groups is 2. The van der Waals surface area contributed by atoms with E-state index in [2.05, 4.69) is 26.1 Å². The summed E-state index contributed by atoms with van der Waals surface area (Å²) >= 11 is 0. The second kappa shape index (κ2) is 38.1. The number of aliphatic hydroxyl groups excluding tert-OH is 2. The summed E-state index contributed by atoms with van der Waals surface area (Å²) in [5.74, 6) is -0.464. The van der Waals surface area contributed by atoms with E-state index in [9.17, 15) is 19.8 Å². The van der Waals surface area contributed by atoms with Gasteiger partial charge in [0.25, 0.3) is 0 Å². The third kappa shape index (κ3) is 33.7. The van der Waals surface area contributed by atoms with Gasteiger partial charge in [0, 0.05) is 6.42 Å². The lowest BCUT2D eigenvalue weighted by Crippen LogP contribution is -2.46. The number of hydrogen-bond donors (Lipinski definition) is 3. The van der Waals surface area contributed by atoms with Crippen LogP contribution in [0.4, 0.5) is 0 Å². The molecule has 0 aromatic rings. The Balaban J connectivity index is 4.56. The highest BCUT2D eigenvalue weighted by Gasteiger charge is 2.24. The van der Waals surface area contributed by atoms with E-state index >= 15 is 0 Å². The fourth-order valence-corrected chi connectivity index (χ4v) is 6.84. The number of amides is 1. The molecule has 292 valence electrons. The van der Waals surface area contributed by atoms with Crippen molar-refractivity contribution in [3.05, 3.63) is 0 Å². The fourth-order valence-electron chi connectivity index (χ4n) is 6.84. The number of carbonyl (C=O) groups excluding carboxylic acids is 2. The number of nitrogens with one attached hydrogen (secondary N) is 1. The minimum atomic E-state index is -0.775. The molecule has 0 heterocycles. The molecule has 0 radical (unpaired) electrons. The first-order valence-electron chi connectivity index (χ1n) is 21.8. The zero-order chi connectivity index (χ0) is 36.0. The molecule has 6 nitrogen and oxygen atoms in total. The van der Waals surface area contributed by atoms with Crippen LogP contribution in [0.25, 0.3) is 0 Å². The van der Waals surface area contributed by atoms with Crippen molar-refractivity contribution < 1.29 is 24.5 Å². The van der Waals surface area contributed by atoms with Crippen LogP contribution in [-0.2, 0) is 14.3 Å². The van der Waals surface area contributed by atoms with E-state index in [-0.39, 0.29) is 24.9 Å². The van der Waals surface area contributed by atoms with E-state index in [1.54, 1.807) is 0 Å². The molecule has 3 unspecified atom stereocenters. The van der Waals surface area contributed by atoms with E-state index in [0.29, 0.717) is 19.3 Å². The third-order valence-corrected chi connectivity index (χ3v) is 10.2. The van der Waals surface area contributed by atoms with Gasteiger partial charge in [-0.3, -0.25) is 9.59 Å². The first kappa shape index (κ1) is 47.9. The molecule has 0 spiro atoms. The van der Waals surface area contributed by atoms with Crippen LogP contribution in [0.1, 0.15) is 239 Å². The van der Waals surface area contributed by atoms with Crippen molar-refractivity contribution in [3.8, 4) is 0 Å². The summed E-state index contributed by atoms with van der Waals surface area (Å²) in [6.07, 6.45) is 37.3. The number of aliphatic hydroxyl groups is 2. The van der Waals surface area contributed by atoms with Crippen molar-refractivity contribution in [1.82, 2.24) is 5.32 Å². The topological polar surface area (TPSA) is 95.9 Å². The maximum absolute atomic E-state index is 13.1. The lowest BCUT2D eigenvalue weighted by atomic mass is 10.0. The third-order valence-electron chi connectivity index (χ3n) is 10.2. The molecular formula is C43H85NO5. The summed E-state index contributed by atoms with van der Waals surface area (Å²) < 4.78 is 5.88. The van der Waals surface area contributed by atoms with Crippen molar-refractivity contribution in [1.29, 1.82) is 0 Å². The van der Waals surface area contributed by atoms with Gasteiger partial charge in [0.15, 0.2) is 0 Å². The van der Waals surface area contributed by atoms with Crippen LogP contribution in [0, 0.1) is 0 Å². The number of esters is 1. The van der Waals surface area contributed by atoms with Crippen LogP contribution in [0.15, 0.2) is 0 Å². The lowest BCUT2D eigenvalue weighted by molar-refractivity contribution is -0.151. The zero-order valence-corrected chi connectivity index (χ0v) is 33.1. The van der Waals surface area contributed by atoms with Crippen LogP contribution in [0.5, 0.6) is 0 Å². The first-order valence-corrected chi connectivity index (χ1v) is 21.8. The molecule has 0 aliphatic carbocycles. The van der Waals surface area contributed by atoms with E-state index in [1.165, 1.54) is 148 Å². The molecule has 0 saturated heterocycles.